The van der Waals surface area contributed by atoms with Gasteiger partial charge in [-0.15, -0.1) is 0 Å². The highest BCUT2D eigenvalue weighted by Crippen LogP contribution is 2.14. The minimum Gasteiger partial charge on any atom is -0.711 e. The van der Waals surface area contributed by atoms with Gasteiger partial charge in [-0.2, -0.15) is 0 Å². The van der Waals surface area contributed by atoms with Gasteiger partial charge in [-0.1, -0.05) is 0 Å². The van der Waals surface area contributed by atoms with Gasteiger partial charge < -0.3 is 10.5 Å². The third kappa shape index (κ3) is 2.24. The van der Waals surface area contributed by atoms with E-state index < -0.39 is 0 Å². The SMILES string of the molecule is CCNc1ccc[n+]([O-])c1NCC. The van der Waals surface area contributed by atoms with Gasteiger partial charge in [0.15, 0.2) is 0 Å². The normalized spacial score (nSPS) is 9.69. The van der Waals surface area contributed by atoms with Gasteiger partial charge in [-0.3, -0.25) is 5.32 Å². The highest BCUT2D eigenvalue weighted by atomic mass is 16.5. The summed E-state index contributed by atoms with van der Waals surface area (Å²) in [6.07, 6.45) is 1.48. The van der Waals surface area contributed by atoms with E-state index in [4.69, 9.17) is 0 Å². The first kappa shape index (κ1) is 9.64. The standard InChI is InChI=1S/C9H15N3O/c1-3-10-8-6-5-7-12(13)9(8)11-4-2/h5-7,10-11H,3-4H2,1-2H3. The van der Waals surface area contributed by atoms with E-state index in [2.05, 4.69) is 10.6 Å². The fourth-order valence-electron chi connectivity index (χ4n) is 1.16. The lowest BCUT2D eigenvalue weighted by Crippen LogP contribution is -2.31. The fraction of sp³-hybridized carbons (Fsp3) is 0.444. The van der Waals surface area contributed by atoms with Crippen molar-refractivity contribution in [2.75, 3.05) is 23.7 Å². The number of anilines is 2. The van der Waals surface area contributed by atoms with Crippen LogP contribution in [0.5, 0.6) is 0 Å². The van der Waals surface area contributed by atoms with Crippen molar-refractivity contribution in [1.29, 1.82) is 0 Å². The largest absolute Gasteiger partial charge is 0.711 e. The maximum atomic E-state index is 11.3. The van der Waals surface area contributed by atoms with Crippen molar-refractivity contribution < 1.29 is 4.73 Å². The number of pyridine rings is 1. The Morgan fingerprint density at radius 2 is 2.00 bits per heavy atom. The molecule has 0 spiro atoms. The molecule has 1 aromatic heterocycles. The summed E-state index contributed by atoms with van der Waals surface area (Å²) in [4.78, 5) is 0. The molecule has 1 heterocycles. The third-order valence-corrected chi connectivity index (χ3v) is 1.67. The minimum absolute atomic E-state index is 0.590. The van der Waals surface area contributed by atoms with Gasteiger partial charge in [0.05, 0.1) is 12.7 Å². The highest BCUT2D eigenvalue weighted by Gasteiger charge is 2.07. The average Bonchev–Trinajstić information content (AvgIpc) is 2.11. The molecule has 4 nitrogen and oxygen atoms in total. The molecule has 1 aromatic rings. The van der Waals surface area contributed by atoms with Crippen LogP contribution in [-0.4, -0.2) is 13.1 Å². The van der Waals surface area contributed by atoms with Crippen molar-refractivity contribution in [1.82, 2.24) is 0 Å². The van der Waals surface area contributed by atoms with Gasteiger partial charge >= 0.3 is 5.82 Å². The molecule has 0 unspecified atom stereocenters. The number of aromatic nitrogens is 1. The van der Waals surface area contributed by atoms with Gasteiger partial charge in [0.1, 0.15) is 5.69 Å². The Kier molecular flexibility index (Phi) is 3.37. The van der Waals surface area contributed by atoms with E-state index in [-0.39, 0.29) is 0 Å². The average molecular weight is 181 g/mol. The summed E-state index contributed by atoms with van der Waals surface area (Å²) in [5, 5.41) is 17.5. The number of nitrogens with zero attached hydrogens (tertiary/aromatic N) is 1. The predicted octanol–water partition coefficient (Wildman–Crippen LogP) is 1.18. The zero-order chi connectivity index (χ0) is 9.68. The van der Waals surface area contributed by atoms with Crippen molar-refractivity contribution in [3.63, 3.8) is 0 Å². The minimum atomic E-state index is 0.590. The second kappa shape index (κ2) is 4.54. The molecule has 72 valence electrons. The molecular formula is C9H15N3O. The number of hydrogen-bond donors (Lipinski definition) is 2. The molecule has 0 aliphatic carbocycles. The zero-order valence-corrected chi connectivity index (χ0v) is 8.00. The predicted molar refractivity (Wildman–Crippen MR) is 53.7 cm³/mol. The van der Waals surface area contributed by atoms with Crippen LogP contribution in [0.25, 0.3) is 0 Å². The molecule has 0 saturated heterocycles. The summed E-state index contributed by atoms with van der Waals surface area (Å²) < 4.78 is 0.835. The highest BCUT2D eigenvalue weighted by molar-refractivity contribution is 5.60. The Morgan fingerprint density at radius 3 is 2.62 bits per heavy atom. The molecule has 0 aromatic carbocycles. The first-order valence-corrected chi connectivity index (χ1v) is 4.49. The lowest BCUT2D eigenvalue weighted by Gasteiger charge is -2.12. The van der Waals surface area contributed by atoms with Crippen LogP contribution in [0.15, 0.2) is 18.3 Å². The summed E-state index contributed by atoms with van der Waals surface area (Å²) in [7, 11) is 0. The van der Waals surface area contributed by atoms with Gasteiger partial charge in [0, 0.05) is 6.54 Å². The van der Waals surface area contributed by atoms with Crippen LogP contribution in [0.4, 0.5) is 11.5 Å². The Bertz CT molecular complexity index is 276. The third-order valence-electron chi connectivity index (χ3n) is 1.67. The lowest BCUT2D eigenvalue weighted by molar-refractivity contribution is -0.589. The first-order chi connectivity index (χ1) is 6.29. The van der Waals surface area contributed by atoms with Crippen LogP contribution in [0.1, 0.15) is 13.8 Å². The van der Waals surface area contributed by atoms with Crippen LogP contribution in [0.3, 0.4) is 0 Å². The smallest absolute Gasteiger partial charge is 0.301 e. The summed E-state index contributed by atoms with van der Waals surface area (Å²) in [6, 6.07) is 3.61. The topological polar surface area (TPSA) is 51.0 Å². The van der Waals surface area contributed by atoms with E-state index in [9.17, 15) is 5.21 Å². The molecule has 0 amide bonds. The van der Waals surface area contributed by atoms with E-state index in [1.165, 1.54) is 6.20 Å². The van der Waals surface area contributed by atoms with E-state index in [1.54, 1.807) is 6.07 Å². The lowest BCUT2D eigenvalue weighted by atomic mass is 10.3. The molecule has 0 aliphatic heterocycles. The van der Waals surface area contributed by atoms with Crippen molar-refractivity contribution >= 4 is 11.5 Å². The van der Waals surface area contributed by atoms with Crippen LogP contribution in [0, 0.1) is 5.21 Å². The summed E-state index contributed by atoms with van der Waals surface area (Å²) in [6.45, 7) is 5.51. The van der Waals surface area contributed by atoms with Crippen molar-refractivity contribution in [2.45, 2.75) is 13.8 Å². The Labute approximate surface area is 78.2 Å². The molecule has 0 fully saturated rings. The van der Waals surface area contributed by atoms with E-state index in [0.29, 0.717) is 5.82 Å². The summed E-state index contributed by atoms with van der Waals surface area (Å²) in [5.41, 5.74) is 0.849. The molecule has 1 rings (SSSR count). The molecule has 0 aliphatic rings. The fourth-order valence-corrected chi connectivity index (χ4v) is 1.16. The van der Waals surface area contributed by atoms with E-state index >= 15 is 0 Å². The molecule has 2 N–H and O–H groups in total. The van der Waals surface area contributed by atoms with Crippen molar-refractivity contribution in [2.24, 2.45) is 0 Å². The monoisotopic (exact) mass is 181 g/mol. The molecule has 4 heteroatoms. The Hall–Kier alpha value is -1.45. The van der Waals surface area contributed by atoms with Crippen LogP contribution in [-0.2, 0) is 0 Å². The zero-order valence-electron chi connectivity index (χ0n) is 8.00. The van der Waals surface area contributed by atoms with Gasteiger partial charge in [-0.25, -0.2) is 4.73 Å². The van der Waals surface area contributed by atoms with Gasteiger partial charge in [0.2, 0.25) is 0 Å². The summed E-state index contributed by atoms with van der Waals surface area (Å²) in [5.74, 6) is 0.590. The van der Waals surface area contributed by atoms with Gasteiger partial charge in [-0.05, 0) is 26.0 Å². The van der Waals surface area contributed by atoms with E-state index in [1.807, 2.05) is 19.9 Å². The quantitative estimate of drug-likeness (QED) is 0.541. The maximum absolute atomic E-state index is 11.3. The van der Waals surface area contributed by atoms with Crippen LogP contribution >= 0.6 is 0 Å². The molecule has 0 radical (unpaired) electrons. The van der Waals surface area contributed by atoms with E-state index in [0.717, 1.165) is 23.5 Å². The molecule has 13 heavy (non-hydrogen) atoms. The molecule has 0 saturated carbocycles. The Balaban J connectivity index is 2.95. The summed E-state index contributed by atoms with van der Waals surface area (Å²) >= 11 is 0. The number of nitrogens with one attached hydrogen (secondary N) is 2. The number of hydrogen-bond acceptors (Lipinski definition) is 3. The van der Waals surface area contributed by atoms with Gasteiger partial charge in [0.25, 0.3) is 0 Å². The van der Waals surface area contributed by atoms with Crippen LogP contribution in [0.2, 0.25) is 0 Å². The first-order valence-electron chi connectivity index (χ1n) is 4.49. The second-order valence-electron chi connectivity index (χ2n) is 2.66. The molecule has 0 atom stereocenters. The Morgan fingerprint density at radius 1 is 1.31 bits per heavy atom. The van der Waals surface area contributed by atoms with Crippen molar-refractivity contribution in [3.05, 3.63) is 23.5 Å². The number of rotatable bonds is 4. The van der Waals surface area contributed by atoms with Crippen molar-refractivity contribution in [3.8, 4) is 0 Å². The maximum Gasteiger partial charge on any atom is 0.301 e. The van der Waals surface area contributed by atoms with Crippen LogP contribution < -0.4 is 15.4 Å². The molecular weight excluding hydrogens is 166 g/mol. The second-order valence-corrected chi connectivity index (χ2v) is 2.66. The molecule has 0 bridgehead atoms.